The summed E-state index contributed by atoms with van der Waals surface area (Å²) in [5.41, 5.74) is 3.43. The Labute approximate surface area is 83.7 Å². The maximum Gasteiger partial charge on any atom is 0.113 e. The quantitative estimate of drug-likeness (QED) is 0.727. The number of rotatable bonds is 2. The molecule has 0 saturated carbocycles. The lowest BCUT2D eigenvalue weighted by Gasteiger charge is -2.05. The van der Waals surface area contributed by atoms with Crippen LogP contribution in [0.2, 0.25) is 0 Å². The lowest BCUT2D eigenvalue weighted by molar-refractivity contribution is 0.530. The second-order valence-corrected chi connectivity index (χ2v) is 3.80. The normalized spacial score (nSPS) is 11.4. The minimum atomic E-state index is 0.368. The van der Waals surface area contributed by atoms with Gasteiger partial charge in [-0.1, -0.05) is 18.2 Å². The van der Waals surface area contributed by atoms with Gasteiger partial charge in [0, 0.05) is 6.04 Å². The molecule has 0 aliphatic carbocycles. The van der Waals surface area contributed by atoms with Gasteiger partial charge < -0.3 is 0 Å². The van der Waals surface area contributed by atoms with Gasteiger partial charge in [0.25, 0.3) is 0 Å². The largest absolute Gasteiger partial charge is 0.242 e. The third kappa shape index (κ3) is 1.39. The molecule has 14 heavy (non-hydrogen) atoms. The third-order valence-electron chi connectivity index (χ3n) is 2.43. The van der Waals surface area contributed by atoms with Crippen molar-refractivity contribution in [1.82, 2.24) is 15.0 Å². The molecule has 0 radical (unpaired) electrons. The van der Waals surface area contributed by atoms with E-state index in [4.69, 9.17) is 0 Å². The third-order valence-corrected chi connectivity index (χ3v) is 2.43. The fraction of sp³-hybridized carbons (Fsp3) is 0.455. The van der Waals surface area contributed by atoms with E-state index in [0.717, 1.165) is 17.5 Å². The van der Waals surface area contributed by atoms with Gasteiger partial charge in [-0.3, -0.25) is 0 Å². The molecule has 3 nitrogen and oxygen atoms in total. The number of fused-ring (bicyclic) bond motifs is 1. The highest BCUT2D eigenvalue weighted by atomic mass is 15.4. The van der Waals surface area contributed by atoms with Crippen LogP contribution in [0.3, 0.4) is 0 Å². The standard InChI is InChI=1S/C11H15N3/c1-4-9-5-6-11-10(7-9)12-13-14(11)8(2)3/h5-8H,4H2,1-3H3. The Kier molecular flexibility index (Phi) is 2.23. The Morgan fingerprint density at radius 1 is 1.36 bits per heavy atom. The van der Waals surface area contributed by atoms with Crippen LogP contribution in [-0.4, -0.2) is 15.0 Å². The van der Waals surface area contributed by atoms with Crippen LogP contribution in [0.15, 0.2) is 18.2 Å². The average Bonchev–Trinajstić information content (AvgIpc) is 2.59. The van der Waals surface area contributed by atoms with E-state index in [1.165, 1.54) is 5.56 Å². The van der Waals surface area contributed by atoms with Crippen molar-refractivity contribution < 1.29 is 0 Å². The molecule has 0 bridgehead atoms. The lowest BCUT2D eigenvalue weighted by atomic mass is 10.1. The van der Waals surface area contributed by atoms with E-state index in [-0.39, 0.29) is 0 Å². The monoisotopic (exact) mass is 189 g/mol. The van der Waals surface area contributed by atoms with Crippen molar-refractivity contribution in [2.75, 3.05) is 0 Å². The zero-order valence-electron chi connectivity index (χ0n) is 8.86. The number of hydrogen-bond acceptors (Lipinski definition) is 2. The van der Waals surface area contributed by atoms with Crippen LogP contribution in [0.1, 0.15) is 32.4 Å². The van der Waals surface area contributed by atoms with Crippen molar-refractivity contribution in [3.8, 4) is 0 Å². The van der Waals surface area contributed by atoms with E-state index in [9.17, 15) is 0 Å². The molecule has 0 N–H and O–H groups in total. The second kappa shape index (κ2) is 3.40. The Bertz CT molecular complexity index is 443. The second-order valence-electron chi connectivity index (χ2n) is 3.80. The molecule has 1 aromatic heterocycles. The first-order chi connectivity index (χ1) is 6.72. The molecular formula is C11H15N3. The molecule has 0 unspecified atom stereocenters. The van der Waals surface area contributed by atoms with Gasteiger partial charge in [0.2, 0.25) is 0 Å². The Morgan fingerprint density at radius 3 is 2.79 bits per heavy atom. The first-order valence-electron chi connectivity index (χ1n) is 5.06. The molecule has 1 heterocycles. The van der Waals surface area contributed by atoms with Crippen molar-refractivity contribution in [1.29, 1.82) is 0 Å². The molecular weight excluding hydrogens is 174 g/mol. The molecule has 74 valence electrons. The van der Waals surface area contributed by atoms with E-state index < -0.39 is 0 Å². The molecule has 0 atom stereocenters. The summed E-state index contributed by atoms with van der Waals surface area (Å²) in [6, 6.07) is 6.73. The van der Waals surface area contributed by atoms with Crippen LogP contribution < -0.4 is 0 Å². The van der Waals surface area contributed by atoms with E-state index >= 15 is 0 Å². The van der Waals surface area contributed by atoms with Crippen LogP contribution in [0.4, 0.5) is 0 Å². The van der Waals surface area contributed by atoms with Gasteiger partial charge in [0.1, 0.15) is 5.52 Å². The van der Waals surface area contributed by atoms with Gasteiger partial charge in [0.05, 0.1) is 5.52 Å². The van der Waals surface area contributed by atoms with E-state index in [2.05, 4.69) is 49.3 Å². The number of aromatic nitrogens is 3. The van der Waals surface area contributed by atoms with Gasteiger partial charge in [-0.15, -0.1) is 5.10 Å². The zero-order chi connectivity index (χ0) is 10.1. The van der Waals surface area contributed by atoms with E-state index in [1.807, 2.05) is 4.68 Å². The van der Waals surface area contributed by atoms with E-state index in [1.54, 1.807) is 0 Å². The molecule has 2 aromatic rings. The number of aryl methyl sites for hydroxylation is 1. The van der Waals surface area contributed by atoms with Gasteiger partial charge >= 0.3 is 0 Å². The van der Waals surface area contributed by atoms with Crippen molar-refractivity contribution in [3.05, 3.63) is 23.8 Å². The summed E-state index contributed by atoms with van der Waals surface area (Å²) in [4.78, 5) is 0. The van der Waals surface area contributed by atoms with Crippen molar-refractivity contribution >= 4 is 11.0 Å². The highest BCUT2D eigenvalue weighted by Crippen LogP contribution is 2.16. The van der Waals surface area contributed by atoms with Gasteiger partial charge in [-0.05, 0) is 38.0 Å². The summed E-state index contributed by atoms with van der Waals surface area (Å²) in [6.07, 6.45) is 1.05. The topological polar surface area (TPSA) is 30.7 Å². The minimum Gasteiger partial charge on any atom is -0.242 e. The molecule has 0 saturated heterocycles. The molecule has 0 aliphatic heterocycles. The molecule has 0 aliphatic rings. The molecule has 1 aromatic carbocycles. The predicted molar refractivity (Wildman–Crippen MR) is 57.3 cm³/mol. The van der Waals surface area contributed by atoms with Crippen molar-refractivity contribution in [2.45, 2.75) is 33.2 Å². The van der Waals surface area contributed by atoms with Crippen LogP contribution in [0.5, 0.6) is 0 Å². The van der Waals surface area contributed by atoms with Gasteiger partial charge in [0.15, 0.2) is 0 Å². The van der Waals surface area contributed by atoms with E-state index in [0.29, 0.717) is 6.04 Å². The fourth-order valence-corrected chi connectivity index (χ4v) is 1.59. The smallest absolute Gasteiger partial charge is 0.113 e. The van der Waals surface area contributed by atoms with Crippen molar-refractivity contribution in [3.63, 3.8) is 0 Å². The fourth-order valence-electron chi connectivity index (χ4n) is 1.59. The molecule has 0 fully saturated rings. The zero-order valence-corrected chi connectivity index (χ0v) is 8.86. The maximum atomic E-state index is 4.16. The summed E-state index contributed by atoms with van der Waals surface area (Å²) < 4.78 is 1.95. The van der Waals surface area contributed by atoms with Crippen LogP contribution in [-0.2, 0) is 6.42 Å². The molecule has 3 heteroatoms. The molecule has 2 rings (SSSR count). The summed E-state index contributed by atoms with van der Waals surface area (Å²) in [5.74, 6) is 0. The SMILES string of the molecule is CCc1ccc2c(c1)nnn2C(C)C. The Morgan fingerprint density at radius 2 is 2.14 bits per heavy atom. The maximum absolute atomic E-state index is 4.16. The number of nitrogens with zero attached hydrogens (tertiary/aromatic N) is 3. The summed E-state index contributed by atoms with van der Waals surface area (Å²) in [5, 5.41) is 8.30. The summed E-state index contributed by atoms with van der Waals surface area (Å²) in [7, 11) is 0. The Hall–Kier alpha value is -1.38. The Balaban J connectivity index is 2.59. The first-order valence-corrected chi connectivity index (χ1v) is 5.06. The van der Waals surface area contributed by atoms with Crippen LogP contribution >= 0.6 is 0 Å². The highest BCUT2D eigenvalue weighted by Gasteiger charge is 2.06. The van der Waals surface area contributed by atoms with Gasteiger partial charge in [-0.25, -0.2) is 4.68 Å². The minimum absolute atomic E-state index is 0.368. The highest BCUT2D eigenvalue weighted by molar-refractivity contribution is 5.75. The molecule has 0 amide bonds. The van der Waals surface area contributed by atoms with Crippen LogP contribution in [0, 0.1) is 0 Å². The van der Waals surface area contributed by atoms with Gasteiger partial charge in [-0.2, -0.15) is 0 Å². The van der Waals surface area contributed by atoms with Crippen molar-refractivity contribution in [2.24, 2.45) is 0 Å². The predicted octanol–water partition coefficient (Wildman–Crippen LogP) is 2.57. The lowest BCUT2D eigenvalue weighted by Crippen LogP contribution is -2.02. The molecule has 0 spiro atoms. The number of hydrogen-bond donors (Lipinski definition) is 0. The average molecular weight is 189 g/mol. The first kappa shape index (κ1) is 9.19. The summed E-state index contributed by atoms with van der Waals surface area (Å²) in [6.45, 7) is 6.37. The summed E-state index contributed by atoms with van der Waals surface area (Å²) >= 11 is 0. The number of benzene rings is 1. The van der Waals surface area contributed by atoms with Crippen LogP contribution in [0.25, 0.3) is 11.0 Å².